The maximum Gasteiger partial charge on any atom is 0.256 e. The van der Waals surface area contributed by atoms with Crippen molar-refractivity contribution in [3.63, 3.8) is 0 Å². The van der Waals surface area contributed by atoms with Crippen LogP contribution in [0.25, 0.3) is 10.9 Å². The van der Waals surface area contributed by atoms with Gasteiger partial charge in [0.05, 0.1) is 11.1 Å². The highest BCUT2D eigenvalue weighted by Crippen LogP contribution is 2.26. The fourth-order valence-corrected chi connectivity index (χ4v) is 3.54. The SMILES string of the molecule is CC(=O)n1cc(C(=O)N2CCN(c3ncccn3)CC2)c2cc(Cl)ccc21. The molecular weight excluding hydrogens is 366 g/mol. The monoisotopic (exact) mass is 383 g/mol. The van der Waals surface area contributed by atoms with E-state index >= 15 is 0 Å². The van der Waals surface area contributed by atoms with E-state index in [-0.39, 0.29) is 11.8 Å². The Labute approximate surface area is 161 Å². The standard InChI is InChI=1S/C19H18ClN5O2/c1-13(26)25-12-16(15-11-14(20)3-4-17(15)25)18(27)23-7-9-24(10-8-23)19-21-5-2-6-22-19/h2-6,11-12H,7-10H2,1H3. The molecular formula is C19H18ClN5O2. The summed E-state index contributed by atoms with van der Waals surface area (Å²) in [5.41, 5.74) is 1.18. The van der Waals surface area contributed by atoms with Crippen molar-refractivity contribution < 1.29 is 9.59 Å². The van der Waals surface area contributed by atoms with Gasteiger partial charge in [0, 0.05) is 62.1 Å². The molecule has 27 heavy (non-hydrogen) atoms. The normalized spacial score (nSPS) is 14.6. The number of hydrogen-bond donors (Lipinski definition) is 0. The second-order valence-electron chi connectivity index (χ2n) is 6.42. The Hall–Kier alpha value is -2.93. The molecule has 138 valence electrons. The van der Waals surface area contributed by atoms with Crippen LogP contribution < -0.4 is 4.90 Å². The number of nitrogens with zero attached hydrogens (tertiary/aromatic N) is 5. The first-order chi connectivity index (χ1) is 13.0. The number of piperazine rings is 1. The van der Waals surface area contributed by atoms with Crippen LogP contribution in [0.5, 0.6) is 0 Å². The quantitative estimate of drug-likeness (QED) is 0.680. The summed E-state index contributed by atoms with van der Waals surface area (Å²) in [5.74, 6) is 0.424. The predicted molar refractivity (Wildman–Crippen MR) is 103 cm³/mol. The van der Waals surface area contributed by atoms with Crippen molar-refractivity contribution in [1.82, 2.24) is 19.4 Å². The largest absolute Gasteiger partial charge is 0.337 e. The van der Waals surface area contributed by atoms with Gasteiger partial charge in [-0.2, -0.15) is 0 Å². The molecule has 3 heterocycles. The molecule has 3 aromatic rings. The second kappa shape index (κ2) is 7.00. The number of aromatic nitrogens is 3. The van der Waals surface area contributed by atoms with Crippen molar-refractivity contribution >= 4 is 40.3 Å². The Morgan fingerprint density at radius 1 is 1.07 bits per heavy atom. The van der Waals surface area contributed by atoms with Crippen LogP contribution in [0.15, 0.2) is 42.9 Å². The van der Waals surface area contributed by atoms with Crippen molar-refractivity contribution in [1.29, 1.82) is 0 Å². The third-order valence-electron chi connectivity index (χ3n) is 4.74. The zero-order chi connectivity index (χ0) is 19.0. The van der Waals surface area contributed by atoms with Crippen molar-refractivity contribution in [2.75, 3.05) is 31.1 Å². The molecule has 1 fully saturated rings. The van der Waals surface area contributed by atoms with Crippen LogP contribution in [-0.4, -0.2) is 57.4 Å². The van der Waals surface area contributed by atoms with Crippen LogP contribution in [0.2, 0.25) is 5.02 Å². The first-order valence-electron chi connectivity index (χ1n) is 8.67. The van der Waals surface area contributed by atoms with Gasteiger partial charge in [-0.3, -0.25) is 14.2 Å². The van der Waals surface area contributed by atoms with E-state index in [2.05, 4.69) is 14.9 Å². The molecule has 0 N–H and O–H groups in total. The van der Waals surface area contributed by atoms with E-state index in [1.807, 2.05) is 0 Å². The van der Waals surface area contributed by atoms with Gasteiger partial charge in [-0.25, -0.2) is 9.97 Å². The summed E-state index contributed by atoms with van der Waals surface area (Å²) in [6, 6.07) is 6.99. The molecule has 1 saturated heterocycles. The number of benzene rings is 1. The van der Waals surface area contributed by atoms with Crippen LogP contribution in [0.4, 0.5) is 5.95 Å². The number of hydrogen-bond acceptors (Lipinski definition) is 5. The van der Waals surface area contributed by atoms with Crippen molar-refractivity contribution in [3.05, 3.63) is 53.4 Å². The Kier molecular flexibility index (Phi) is 4.53. The molecule has 0 spiro atoms. The smallest absolute Gasteiger partial charge is 0.256 e. The van der Waals surface area contributed by atoms with Crippen LogP contribution in [-0.2, 0) is 0 Å². The Morgan fingerprint density at radius 2 is 1.78 bits per heavy atom. The van der Waals surface area contributed by atoms with Gasteiger partial charge in [-0.15, -0.1) is 0 Å². The molecule has 7 nitrogen and oxygen atoms in total. The first kappa shape index (κ1) is 17.5. The topological polar surface area (TPSA) is 71.3 Å². The van der Waals surface area contributed by atoms with Gasteiger partial charge >= 0.3 is 0 Å². The maximum atomic E-state index is 13.1. The summed E-state index contributed by atoms with van der Waals surface area (Å²) in [7, 11) is 0. The highest BCUT2D eigenvalue weighted by molar-refractivity contribution is 6.31. The zero-order valence-electron chi connectivity index (χ0n) is 14.8. The minimum atomic E-state index is -0.146. The lowest BCUT2D eigenvalue weighted by atomic mass is 10.1. The maximum absolute atomic E-state index is 13.1. The molecule has 1 aromatic carbocycles. The van der Waals surface area contributed by atoms with E-state index in [1.54, 1.807) is 47.8 Å². The number of rotatable bonds is 2. The molecule has 1 amide bonds. The second-order valence-corrected chi connectivity index (χ2v) is 6.86. The van der Waals surface area contributed by atoms with Gasteiger partial charge in [0.1, 0.15) is 0 Å². The zero-order valence-corrected chi connectivity index (χ0v) is 15.6. The molecule has 8 heteroatoms. The summed E-state index contributed by atoms with van der Waals surface area (Å²) in [6.45, 7) is 3.90. The van der Waals surface area contributed by atoms with E-state index in [1.165, 1.54) is 11.5 Å². The highest BCUT2D eigenvalue weighted by Gasteiger charge is 2.26. The molecule has 2 aromatic heterocycles. The molecule has 0 saturated carbocycles. The minimum Gasteiger partial charge on any atom is -0.337 e. The van der Waals surface area contributed by atoms with E-state index in [4.69, 9.17) is 11.6 Å². The number of fused-ring (bicyclic) bond motifs is 1. The predicted octanol–water partition coefficient (Wildman–Crippen LogP) is 2.71. The molecule has 4 rings (SSSR count). The van der Waals surface area contributed by atoms with E-state index < -0.39 is 0 Å². The third-order valence-corrected chi connectivity index (χ3v) is 4.97. The summed E-state index contributed by atoms with van der Waals surface area (Å²) >= 11 is 6.12. The number of halogens is 1. The fourth-order valence-electron chi connectivity index (χ4n) is 3.37. The summed E-state index contributed by atoms with van der Waals surface area (Å²) in [6.07, 6.45) is 5.03. The third kappa shape index (κ3) is 3.26. The Bertz CT molecular complexity index is 1010. The van der Waals surface area contributed by atoms with Gasteiger partial charge in [0.2, 0.25) is 11.9 Å². The van der Waals surface area contributed by atoms with Gasteiger partial charge in [-0.1, -0.05) is 11.6 Å². The van der Waals surface area contributed by atoms with Crippen molar-refractivity contribution in [2.24, 2.45) is 0 Å². The average molecular weight is 384 g/mol. The number of carbonyl (C=O) groups is 2. The van der Waals surface area contributed by atoms with E-state index in [0.717, 1.165) is 0 Å². The molecule has 0 aliphatic carbocycles. The van der Waals surface area contributed by atoms with Gasteiger partial charge < -0.3 is 9.80 Å². The summed E-state index contributed by atoms with van der Waals surface area (Å²) < 4.78 is 1.49. The average Bonchev–Trinajstić information content (AvgIpc) is 3.07. The summed E-state index contributed by atoms with van der Waals surface area (Å²) in [5, 5.41) is 1.22. The van der Waals surface area contributed by atoms with E-state index in [0.29, 0.717) is 53.6 Å². The van der Waals surface area contributed by atoms with Gasteiger partial charge in [-0.05, 0) is 24.3 Å². The van der Waals surface area contributed by atoms with Crippen LogP contribution in [0.3, 0.4) is 0 Å². The molecule has 0 radical (unpaired) electrons. The van der Waals surface area contributed by atoms with Crippen LogP contribution in [0, 0.1) is 0 Å². The van der Waals surface area contributed by atoms with Crippen molar-refractivity contribution in [3.8, 4) is 0 Å². The number of anilines is 1. The lowest BCUT2D eigenvalue weighted by Gasteiger charge is -2.34. The van der Waals surface area contributed by atoms with E-state index in [9.17, 15) is 9.59 Å². The Morgan fingerprint density at radius 3 is 2.44 bits per heavy atom. The van der Waals surface area contributed by atoms with Gasteiger partial charge in [0.15, 0.2) is 0 Å². The molecule has 1 aliphatic heterocycles. The fraction of sp³-hybridized carbons (Fsp3) is 0.263. The van der Waals surface area contributed by atoms with Gasteiger partial charge in [0.25, 0.3) is 5.91 Å². The lowest BCUT2D eigenvalue weighted by molar-refractivity contribution is 0.0748. The molecule has 0 atom stereocenters. The lowest BCUT2D eigenvalue weighted by Crippen LogP contribution is -2.49. The number of carbonyl (C=O) groups excluding carboxylic acids is 2. The first-order valence-corrected chi connectivity index (χ1v) is 9.05. The van der Waals surface area contributed by atoms with Crippen LogP contribution >= 0.6 is 11.6 Å². The van der Waals surface area contributed by atoms with Crippen molar-refractivity contribution in [2.45, 2.75) is 6.92 Å². The molecule has 0 unspecified atom stereocenters. The summed E-state index contributed by atoms with van der Waals surface area (Å²) in [4.78, 5) is 37.4. The van der Waals surface area contributed by atoms with Crippen LogP contribution in [0.1, 0.15) is 22.1 Å². The number of amides is 1. The Balaban J connectivity index is 1.59. The minimum absolute atomic E-state index is 0.101. The highest BCUT2D eigenvalue weighted by atomic mass is 35.5. The molecule has 1 aliphatic rings. The molecule has 0 bridgehead atoms.